The second-order valence-electron chi connectivity index (χ2n) is 3.31. The first-order valence-electron chi connectivity index (χ1n) is 5.17. The van der Waals surface area contributed by atoms with E-state index in [-0.39, 0.29) is 12.4 Å². The highest BCUT2D eigenvalue weighted by Crippen LogP contribution is 2.02. The molecule has 0 radical (unpaired) electrons. The van der Waals surface area contributed by atoms with Gasteiger partial charge in [0.2, 0.25) is 0 Å². The second-order valence-corrected chi connectivity index (χ2v) is 3.31. The molecule has 6 heteroatoms. The maximum atomic E-state index is 11.0. The normalized spacial score (nSPS) is 10.2. The van der Waals surface area contributed by atoms with Crippen molar-refractivity contribution in [3.05, 3.63) is 0 Å². The van der Waals surface area contributed by atoms with Crippen LogP contribution in [0, 0.1) is 0 Å². The first-order chi connectivity index (χ1) is 7.52. The zero-order valence-corrected chi connectivity index (χ0v) is 9.35. The van der Waals surface area contributed by atoms with E-state index < -0.39 is 18.9 Å². The van der Waals surface area contributed by atoms with Gasteiger partial charge in [-0.25, -0.2) is 0 Å². The molecule has 2 N–H and O–H groups in total. The van der Waals surface area contributed by atoms with Gasteiger partial charge >= 0.3 is 11.9 Å². The molecule has 0 aromatic heterocycles. The second kappa shape index (κ2) is 9.11. The molecule has 0 bridgehead atoms. The maximum Gasteiger partial charge on any atom is 0.305 e. The lowest BCUT2D eigenvalue weighted by molar-refractivity contribution is -0.156. The van der Waals surface area contributed by atoms with Crippen LogP contribution in [0.15, 0.2) is 0 Å². The number of carbonyl (C=O) groups excluding carboxylic acids is 2. The van der Waals surface area contributed by atoms with Gasteiger partial charge in [0, 0.05) is 13.3 Å². The Morgan fingerprint density at radius 1 is 1.12 bits per heavy atom. The lowest BCUT2D eigenvalue weighted by atomic mass is 10.2. The van der Waals surface area contributed by atoms with E-state index in [1.807, 2.05) is 0 Å². The fraction of sp³-hybridized carbons (Fsp3) is 0.800. The molecule has 0 aliphatic rings. The summed E-state index contributed by atoms with van der Waals surface area (Å²) in [5.74, 6) is -0.767. The zero-order chi connectivity index (χ0) is 12.4. The predicted molar refractivity (Wildman–Crippen MR) is 54.3 cm³/mol. The van der Waals surface area contributed by atoms with E-state index in [4.69, 9.17) is 14.9 Å². The van der Waals surface area contributed by atoms with Crippen molar-refractivity contribution in [3.63, 3.8) is 0 Å². The highest BCUT2D eigenvalue weighted by molar-refractivity contribution is 5.69. The summed E-state index contributed by atoms with van der Waals surface area (Å²) >= 11 is 0. The van der Waals surface area contributed by atoms with Crippen LogP contribution < -0.4 is 0 Å². The Morgan fingerprint density at radius 2 is 1.81 bits per heavy atom. The van der Waals surface area contributed by atoms with Crippen LogP contribution in [-0.2, 0) is 19.1 Å². The van der Waals surface area contributed by atoms with Gasteiger partial charge in [0.15, 0.2) is 6.29 Å². The van der Waals surface area contributed by atoms with Crippen molar-refractivity contribution in [1.29, 1.82) is 0 Å². The van der Waals surface area contributed by atoms with Gasteiger partial charge in [0.1, 0.15) is 6.61 Å². The molecule has 0 saturated heterocycles. The lowest BCUT2D eigenvalue weighted by Crippen LogP contribution is -2.17. The molecule has 0 rings (SSSR count). The van der Waals surface area contributed by atoms with Crippen LogP contribution in [0.1, 0.15) is 32.6 Å². The minimum Gasteiger partial charge on any atom is -0.466 e. The average Bonchev–Trinajstić information content (AvgIpc) is 2.19. The van der Waals surface area contributed by atoms with Gasteiger partial charge in [0.05, 0.1) is 6.61 Å². The first kappa shape index (κ1) is 14.9. The number of hydrogen-bond acceptors (Lipinski definition) is 6. The van der Waals surface area contributed by atoms with Crippen LogP contribution in [-0.4, -0.2) is 41.7 Å². The molecule has 94 valence electrons. The molecule has 0 fully saturated rings. The van der Waals surface area contributed by atoms with E-state index in [9.17, 15) is 9.59 Å². The lowest BCUT2D eigenvalue weighted by Gasteiger charge is -2.05. The third-order valence-corrected chi connectivity index (χ3v) is 1.72. The average molecular weight is 234 g/mol. The van der Waals surface area contributed by atoms with Crippen LogP contribution in [0.25, 0.3) is 0 Å². The van der Waals surface area contributed by atoms with Crippen LogP contribution in [0.3, 0.4) is 0 Å². The smallest absolute Gasteiger partial charge is 0.305 e. The summed E-state index contributed by atoms with van der Waals surface area (Å²) in [4.78, 5) is 21.3. The van der Waals surface area contributed by atoms with E-state index in [1.165, 1.54) is 6.92 Å². The summed E-state index contributed by atoms with van der Waals surface area (Å²) in [6.45, 7) is 1.31. The standard InChI is InChI=1S/C10H18O6/c1-8(11)15-6-4-2-3-5-10(14)16-7-9(12)13/h9,12-13H,2-7H2,1H3. The van der Waals surface area contributed by atoms with Crippen molar-refractivity contribution in [2.75, 3.05) is 13.2 Å². The van der Waals surface area contributed by atoms with E-state index >= 15 is 0 Å². The summed E-state index contributed by atoms with van der Waals surface area (Å²) in [5.41, 5.74) is 0. The summed E-state index contributed by atoms with van der Waals surface area (Å²) in [7, 11) is 0. The monoisotopic (exact) mass is 234 g/mol. The molecule has 0 heterocycles. The Bertz CT molecular complexity index is 213. The highest BCUT2D eigenvalue weighted by atomic mass is 16.6. The number of unbranched alkanes of at least 4 members (excludes halogenated alkanes) is 2. The number of aliphatic hydroxyl groups is 2. The Morgan fingerprint density at radius 3 is 2.38 bits per heavy atom. The van der Waals surface area contributed by atoms with Gasteiger partial charge in [-0.2, -0.15) is 0 Å². The number of hydrogen-bond donors (Lipinski definition) is 2. The molecule has 0 aromatic carbocycles. The highest BCUT2D eigenvalue weighted by Gasteiger charge is 2.05. The number of aliphatic hydroxyl groups excluding tert-OH is 1. The summed E-state index contributed by atoms with van der Waals surface area (Å²) < 4.78 is 9.23. The molecule has 0 spiro atoms. The van der Waals surface area contributed by atoms with Crippen molar-refractivity contribution >= 4 is 11.9 Å². The molecule has 0 aromatic rings. The number of ether oxygens (including phenoxy) is 2. The summed E-state index contributed by atoms with van der Waals surface area (Å²) in [6.07, 6.45) is 0.696. The van der Waals surface area contributed by atoms with Gasteiger partial charge < -0.3 is 19.7 Å². The quantitative estimate of drug-likeness (QED) is 0.348. The van der Waals surface area contributed by atoms with E-state index in [0.29, 0.717) is 19.4 Å². The van der Waals surface area contributed by atoms with Crippen molar-refractivity contribution in [1.82, 2.24) is 0 Å². The molecule has 0 aliphatic heterocycles. The third-order valence-electron chi connectivity index (χ3n) is 1.72. The van der Waals surface area contributed by atoms with Crippen LogP contribution >= 0.6 is 0 Å². The Kier molecular flexibility index (Phi) is 8.46. The topological polar surface area (TPSA) is 93.1 Å². The minimum atomic E-state index is -1.62. The predicted octanol–water partition coefficient (Wildman–Crippen LogP) is -0.0362. The summed E-state index contributed by atoms with van der Waals surface area (Å²) in [5, 5.41) is 16.8. The molecule has 0 aliphatic carbocycles. The van der Waals surface area contributed by atoms with Crippen LogP contribution in [0.2, 0.25) is 0 Å². The van der Waals surface area contributed by atoms with Crippen molar-refractivity contribution in [2.45, 2.75) is 38.9 Å². The van der Waals surface area contributed by atoms with Gasteiger partial charge in [-0.1, -0.05) is 0 Å². The SMILES string of the molecule is CC(=O)OCCCCCC(=O)OCC(O)O. The number of rotatable bonds is 8. The fourth-order valence-electron chi connectivity index (χ4n) is 1.00. The molecule has 0 unspecified atom stereocenters. The zero-order valence-electron chi connectivity index (χ0n) is 9.35. The van der Waals surface area contributed by atoms with E-state index in [2.05, 4.69) is 4.74 Å². The Labute approximate surface area is 94.2 Å². The van der Waals surface area contributed by atoms with Gasteiger partial charge in [-0.15, -0.1) is 0 Å². The van der Waals surface area contributed by atoms with Gasteiger partial charge in [-0.05, 0) is 19.3 Å². The summed E-state index contributed by atoms with van der Waals surface area (Å²) in [6, 6.07) is 0. The molecule has 16 heavy (non-hydrogen) atoms. The third kappa shape index (κ3) is 10.9. The van der Waals surface area contributed by atoms with Crippen LogP contribution in [0.4, 0.5) is 0 Å². The largest absolute Gasteiger partial charge is 0.466 e. The van der Waals surface area contributed by atoms with Crippen molar-refractivity contribution in [3.8, 4) is 0 Å². The molecule has 6 nitrogen and oxygen atoms in total. The Balaban J connectivity index is 3.24. The first-order valence-corrected chi connectivity index (χ1v) is 5.17. The van der Waals surface area contributed by atoms with E-state index in [1.54, 1.807) is 0 Å². The molecule has 0 atom stereocenters. The Hall–Kier alpha value is -1.14. The molecular weight excluding hydrogens is 216 g/mol. The molecule has 0 saturated carbocycles. The molecule has 0 amide bonds. The van der Waals surface area contributed by atoms with Gasteiger partial charge in [-0.3, -0.25) is 9.59 Å². The molecular formula is C10H18O6. The van der Waals surface area contributed by atoms with Gasteiger partial charge in [0.25, 0.3) is 0 Å². The van der Waals surface area contributed by atoms with Crippen LogP contribution in [0.5, 0.6) is 0 Å². The number of esters is 2. The van der Waals surface area contributed by atoms with E-state index in [0.717, 1.165) is 6.42 Å². The number of carbonyl (C=O) groups is 2. The fourth-order valence-corrected chi connectivity index (χ4v) is 1.00. The van der Waals surface area contributed by atoms with Crippen molar-refractivity contribution in [2.24, 2.45) is 0 Å². The van der Waals surface area contributed by atoms with Crippen molar-refractivity contribution < 1.29 is 29.3 Å². The minimum absolute atomic E-state index is 0.229. The maximum absolute atomic E-state index is 11.0.